The van der Waals surface area contributed by atoms with E-state index in [0.29, 0.717) is 6.10 Å². The number of aryl methyl sites for hydroxylation is 2. The average molecular weight is 223 g/mol. The van der Waals surface area contributed by atoms with Crippen LogP contribution in [0.5, 0.6) is 0 Å². The minimum Gasteiger partial charge on any atom is -0.380 e. The quantitative estimate of drug-likeness (QED) is 0.853. The first kappa shape index (κ1) is 11.5. The third-order valence-corrected chi connectivity index (χ3v) is 3.09. The number of nitrogens with zero attached hydrogens (tertiary/aromatic N) is 2. The summed E-state index contributed by atoms with van der Waals surface area (Å²) in [4.78, 5) is 0. The molecule has 0 aliphatic carbocycles. The second kappa shape index (κ2) is 4.09. The van der Waals surface area contributed by atoms with E-state index in [1.54, 1.807) is 0 Å². The second-order valence-electron chi connectivity index (χ2n) is 5.22. The maximum atomic E-state index is 5.93. The van der Waals surface area contributed by atoms with Gasteiger partial charge in [0.05, 0.1) is 23.1 Å². The van der Waals surface area contributed by atoms with E-state index in [4.69, 9.17) is 4.74 Å². The SMILES string of the molecule is Cc1nn(C)cc1NCC1CCC(C)(C)O1. The Bertz CT molecular complexity index is 370. The number of hydrogen-bond acceptors (Lipinski definition) is 3. The van der Waals surface area contributed by atoms with Gasteiger partial charge >= 0.3 is 0 Å². The largest absolute Gasteiger partial charge is 0.380 e. The Hall–Kier alpha value is -1.03. The van der Waals surface area contributed by atoms with Crippen molar-refractivity contribution < 1.29 is 4.74 Å². The van der Waals surface area contributed by atoms with E-state index in [1.807, 2.05) is 24.9 Å². The molecule has 16 heavy (non-hydrogen) atoms. The Morgan fingerprint density at radius 1 is 1.62 bits per heavy atom. The number of anilines is 1. The van der Waals surface area contributed by atoms with Gasteiger partial charge in [0, 0.05) is 19.8 Å². The second-order valence-corrected chi connectivity index (χ2v) is 5.22. The zero-order valence-electron chi connectivity index (χ0n) is 10.6. The fraction of sp³-hybridized carbons (Fsp3) is 0.750. The molecule has 4 heteroatoms. The van der Waals surface area contributed by atoms with Crippen LogP contribution in [0.25, 0.3) is 0 Å². The van der Waals surface area contributed by atoms with E-state index < -0.39 is 0 Å². The molecule has 1 saturated heterocycles. The Labute approximate surface area is 97.0 Å². The molecule has 90 valence electrons. The summed E-state index contributed by atoms with van der Waals surface area (Å²) in [5.41, 5.74) is 2.20. The van der Waals surface area contributed by atoms with Crippen LogP contribution in [-0.4, -0.2) is 28.0 Å². The van der Waals surface area contributed by atoms with Gasteiger partial charge in [-0.3, -0.25) is 4.68 Å². The van der Waals surface area contributed by atoms with Crippen molar-refractivity contribution in [3.63, 3.8) is 0 Å². The zero-order chi connectivity index (χ0) is 11.8. The van der Waals surface area contributed by atoms with Crippen LogP contribution in [0.15, 0.2) is 6.20 Å². The van der Waals surface area contributed by atoms with Crippen LogP contribution in [0.1, 0.15) is 32.4 Å². The van der Waals surface area contributed by atoms with E-state index in [-0.39, 0.29) is 5.60 Å². The highest BCUT2D eigenvalue weighted by Gasteiger charge is 2.31. The highest BCUT2D eigenvalue weighted by molar-refractivity contribution is 5.45. The lowest BCUT2D eigenvalue weighted by atomic mass is 10.1. The van der Waals surface area contributed by atoms with Crippen LogP contribution in [0.3, 0.4) is 0 Å². The normalized spacial score (nSPS) is 23.6. The van der Waals surface area contributed by atoms with Crippen LogP contribution in [0.2, 0.25) is 0 Å². The Morgan fingerprint density at radius 3 is 2.88 bits per heavy atom. The molecule has 0 bridgehead atoms. The molecule has 4 nitrogen and oxygen atoms in total. The molecule has 1 fully saturated rings. The standard InChI is InChI=1S/C12H21N3O/c1-9-11(8-15(4)14-9)13-7-10-5-6-12(2,3)16-10/h8,10,13H,5-7H2,1-4H3. The van der Waals surface area contributed by atoms with Gasteiger partial charge in [0.1, 0.15) is 0 Å². The fourth-order valence-electron chi connectivity index (χ4n) is 2.22. The van der Waals surface area contributed by atoms with Crippen LogP contribution in [0.4, 0.5) is 5.69 Å². The van der Waals surface area contributed by atoms with Gasteiger partial charge in [0.25, 0.3) is 0 Å². The van der Waals surface area contributed by atoms with Crippen LogP contribution in [-0.2, 0) is 11.8 Å². The van der Waals surface area contributed by atoms with Crippen molar-refractivity contribution in [2.45, 2.75) is 45.3 Å². The first-order chi connectivity index (χ1) is 7.46. The lowest BCUT2D eigenvalue weighted by Gasteiger charge is -2.19. The minimum absolute atomic E-state index is 0.0519. The van der Waals surface area contributed by atoms with Gasteiger partial charge in [-0.1, -0.05) is 0 Å². The fourth-order valence-corrected chi connectivity index (χ4v) is 2.22. The molecule has 0 aromatic carbocycles. The highest BCUT2D eigenvalue weighted by Crippen LogP contribution is 2.29. The highest BCUT2D eigenvalue weighted by atomic mass is 16.5. The topological polar surface area (TPSA) is 39.1 Å². The van der Waals surface area contributed by atoms with Gasteiger partial charge in [0.2, 0.25) is 0 Å². The Balaban J connectivity index is 1.87. The number of hydrogen-bond donors (Lipinski definition) is 1. The maximum absolute atomic E-state index is 5.93. The molecule has 1 unspecified atom stereocenters. The molecule has 2 rings (SSSR count). The molecule has 1 aliphatic heterocycles. The van der Waals surface area contributed by atoms with Crippen molar-refractivity contribution in [3.05, 3.63) is 11.9 Å². The van der Waals surface area contributed by atoms with Gasteiger partial charge in [0.15, 0.2) is 0 Å². The Morgan fingerprint density at radius 2 is 2.38 bits per heavy atom. The first-order valence-corrected chi connectivity index (χ1v) is 5.88. The summed E-state index contributed by atoms with van der Waals surface area (Å²) >= 11 is 0. The lowest BCUT2D eigenvalue weighted by Crippen LogP contribution is -2.24. The summed E-state index contributed by atoms with van der Waals surface area (Å²) in [6, 6.07) is 0. The van der Waals surface area contributed by atoms with E-state index in [1.165, 1.54) is 0 Å². The van der Waals surface area contributed by atoms with Crippen LogP contribution in [0, 0.1) is 6.92 Å². The Kier molecular flexibility index (Phi) is 2.93. The number of nitrogens with one attached hydrogen (secondary N) is 1. The van der Waals surface area contributed by atoms with E-state index in [9.17, 15) is 0 Å². The summed E-state index contributed by atoms with van der Waals surface area (Å²) in [5.74, 6) is 0. The average Bonchev–Trinajstić information content (AvgIpc) is 2.66. The van der Waals surface area contributed by atoms with Crippen molar-refractivity contribution in [1.82, 2.24) is 9.78 Å². The van der Waals surface area contributed by atoms with Gasteiger partial charge in [-0.15, -0.1) is 0 Å². The smallest absolute Gasteiger partial charge is 0.0824 e. The molecule has 0 amide bonds. The van der Waals surface area contributed by atoms with Crippen LogP contribution >= 0.6 is 0 Å². The number of rotatable bonds is 3. The van der Waals surface area contributed by atoms with Crippen molar-refractivity contribution >= 4 is 5.69 Å². The lowest BCUT2D eigenvalue weighted by molar-refractivity contribution is -0.00911. The third-order valence-electron chi connectivity index (χ3n) is 3.09. The van der Waals surface area contributed by atoms with Gasteiger partial charge in [-0.05, 0) is 33.6 Å². The van der Waals surface area contributed by atoms with Gasteiger partial charge < -0.3 is 10.1 Å². The summed E-state index contributed by atoms with van der Waals surface area (Å²) in [6.45, 7) is 7.20. The van der Waals surface area contributed by atoms with Crippen molar-refractivity contribution in [2.75, 3.05) is 11.9 Å². The predicted molar refractivity (Wildman–Crippen MR) is 64.6 cm³/mol. The first-order valence-electron chi connectivity index (χ1n) is 5.88. The molecule has 0 spiro atoms. The minimum atomic E-state index is 0.0519. The van der Waals surface area contributed by atoms with Crippen molar-refractivity contribution in [1.29, 1.82) is 0 Å². The molecule has 1 atom stereocenters. The third kappa shape index (κ3) is 2.55. The van der Waals surface area contributed by atoms with Crippen molar-refractivity contribution in [3.8, 4) is 0 Å². The van der Waals surface area contributed by atoms with E-state index >= 15 is 0 Å². The molecular formula is C12H21N3O. The monoisotopic (exact) mass is 223 g/mol. The molecule has 1 aliphatic rings. The van der Waals surface area contributed by atoms with Gasteiger partial charge in [-0.2, -0.15) is 5.10 Å². The molecule has 1 N–H and O–H groups in total. The van der Waals surface area contributed by atoms with Crippen LogP contribution < -0.4 is 5.32 Å². The molecule has 1 aromatic heterocycles. The van der Waals surface area contributed by atoms with Crippen molar-refractivity contribution in [2.24, 2.45) is 7.05 Å². The summed E-state index contributed by atoms with van der Waals surface area (Å²) in [5, 5.41) is 7.70. The van der Waals surface area contributed by atoms with Gasteiger partial charge in [-0.25, -0.2) is 0 Å². The molecule has 0 saturated carbocycles. The van der Waals surface area contributed by atoms with E-state index in [0.717, 1.165) is 30.8 Å². The molecular weight excluding hydrogens is 202 g/mol. The maximum Gasteiger partial charge on any atom is 0.0824 e. The predicted octanol–water partition coefficient (Wildman–Crippen LogP) is 2.10. The number of ether oxygens (including phenoxy) is 1. The summed E-state index contributed by atoms with van der Waals surface area (Å²) in [6.07, 6.45) is 4.62. The number of aromatic nitrogens is 2. The zero-order valence-corrected chi connectivity index (χ0v) is 10.6. The van der Waals surface area contributed by atoms with E-state index in [2.05, 4.69) is 24.3 Å². The summed E-state index contributed by atoms with van der Waals surface area (Å²) in [7, 11) is 1.94. The molecule has 2 heterocycles. The molecule has 0 radical (unpaired) electrons. The molecule has 1 aromatic rings. The summed E-state index contributed by atoms with van der Waals surface area (Å²) < 4.78 is 7.76.